The average Bonchev–Trinajstić information content (AvgIpc) is 2.74. The molecule has 0 saturated heterocycles. The highest BCUT2D eigenvalue weighted by Gasteiger charge is 2.21. The van der Waals surface area contributed by atoms with Crippen molar-refractivity contribution in [1.82, 2.24) is 4.98 Å². The Balaban J connectivity index is 2.33. The third-order valence-electron chi connectivity index (χ3n) is 3.95. The number of nitrogens with one attached hydrogen (secondary N) is 2. The van der Waals surface area contributed by atoms with Crippen molar-refractivity contribution < 1.29 is 19.1 Å². The van der Waals surface area contributed by atoms with Crippen LogP contribution in [0.3, 0.4) is 0 Å². The molecule has 0 fully saturated rings. The summed E-state index contributed by atoms with van der Waals surface area (Å²) in [5, 5.41) is 5.77. The first-order valence-electron chi connectivity index (χ1n) is 9.06. The van der Waals surface area contributed by atoms with Crippen LogP contribution in [0.15, 0.2) is 42.6 Å². The summed E-state index contributed by atoms with van der Waals surface area (Å²) in [5.74, 6) is -0.463. The lowest BCUT2D eigenvalue weighted by Gasteiger charge is -2.22. The lowest BCUT2D eigenvalue weighted by Crippen LogP contribution is -2.34. The number of ether oxygens (including phenoxy) is 1. The zero-order valence-corrected chi connectivity index (χ0v) is 18.4. The number of halogens is 1. The number of rotatable bonds is 9. The number of carbonyl (C=O) groups excluding carboxylic acids is 3. The Morgan fingerprint density at radius 2 is 1.97 bits per heavy atom. The van der Waals surface area contributed by atoms with Crippen LogP contribution in [-0.4, -0.2) is 47.4 Å². The summed E-state index contributed by atoms with van der Waals surface area (Å²) in [5.41, 5.74) is 1.56. The first-order chi connectivity index (χ1) is 14.0. The van der Waals surface area contributed by atoms with Gasteiger partial charge in [-0.25, -0.2) is 4.98 Å². The highest BCUT2D eigenvalue weighted by Crippen LogP contribution is 2.25. The number of esters is 1. The number of nitrogens with zero attached hydrogens (tertiary/aromatic N) is 2. The molecule has 0 atom stereocenters. The van der Waals surface area contributed by atoms with Gasteiger partial charge in [-0.15, -0.1) is 0 Å². The van der Waals surface area contributed by atoms with Crippen LogP contribution in [-0.2, 0) is 14.3 Å². The summed E-state index contributed by atoms with van der Waals surface area (Å²) in [6, 6.07) is 10.2. The van der Waals surface area contributed by atoms with Crippen molar-refractivity contribution in [2.24, 2.45) is 0 Å². The Kier molecular flexibility index (Phi) is 8.84. The van der Waals surface area contributed by atoms with Gasteiger partial charge in [0.05, 0.1) is 28.8 Å². The molecule has 1 aromatic carbocycles. The van der Waals surface area contributed by atoms with Gasteiger partial charge in [0.25, 0.3) is 5.91 Å². The summed E-state index contributed by atoms with van der Waals surface area (Å²) < 4.78 is 5.26. The molecule has 0 aliphatic heterocycles. The van der Waals surface area contributed by atoms with Gasteiger partial charge in [0.1, 0.15) is 5.82 Å². The standard InChI is InChI=1S/C20H23IN4O4/c1-3-29-19(27)9-11-25(17-6-4-5-10-23-17)20(28)14-7-8-15(22-2)16(12-14)24-18(26)13-21/h4-8,10,12,22H,3,9,11,13H2,1-2H3,(H,24,26). The van der Waals surface area contributed by atoms with Gasteiger partial charge in [-0.2, -0.15) is 0 Å². The lowest BCUT2D eigenvalue weighted by atomic mass is 10.1. The Morgan fingerprint density at radius 1 is 1.17 bits per heavy atom. The summed E-state index contributed by atoms with van der Waals surface area (Å²) in [4.78, 5) is 42.5. The molecule has 0 saturated carbocycles. The Morgan fingerprint density at radius 3 is 2.59 bits per heavy atom. The number of benzene rings is 1. The van der Waals surface area contributed by atoms with E-state index in [0.29, 0.717) is 27.2 Å². The molecule has 0 unspecified atom stereocenters. The largest absolute Gasteiger partial charge is 0.466 e. The molecule has 2 aromatic rings. The third kappa shape index (κ3) is 6.41. The van der Waals surface area contributed by atoms with Gasteiger partial charge in [0.2, 0.25) is 5.91 Å². The highest BCUT2D eigenvalue weighted by atomic mass is 127. The molecule has 1 aromatic heterocycles. The maximum Gasteiger partial charge on any atom is 0.307 e. The normalized spacial score (nSPS) is 10.2. The van der Waals surface area contributed by atoms with Crippen LogP contribution in [0.5, 0.6) is 0 Å². The number of carbonyl (C=O) groups is 3. The second-order valence-electron chi connectivity index (χ2n) is 5.89. The quantitative estimate of drug-likeness (QED) is 0.306. The minimum Gasteiger partial charge on any atom is -0.466 e. The third-order valence-corrected chi connectivity index (χ3v) is 4.64. The zero-order valence-electron chi connectivity index (χ0n) is 16.3. The van der Waals surface area contributed by atoms with Crippen LogP contribution in [0.1, 0.15) is 23.7 Å². The minimum atomic E-state index is -0.387. The first kappa shape index (κ1) is 22.6. The Bertz CT molecular complexity index is 861. The average molecular weight is 510 g/mol. The molecule has 0 aliphatic rings. The number of amides is 2. The van der Waals surface area contributed by atoms with Crippen LogP contribution < -0.4 is 15.5 Å². The van der Waals surface area contributed by atoms with Crippen LogP contribution in [0, 0.1) is 0 Å². The van der Waals surface area contributed by atoms with Gasteiger partial charge in [0, 0.05) is 25.4 Å². The minimum absolute atomic E-state index is 0.0448. The predicted molar refractivity (Wildman–Crippen MR) is 121 cm³/mol. The zero-order chi connectivity index (χ0) is 21.2. The fourth-order valence-electron chi connectivity index (χ4n) is 2.61. The number of pyridine rings is 1. The fourth-order valence-corrected chi connectivity index (χ4v) is 2.80. The SMILES string of the molecule is CCOC(=O)CCN(C(=O)c1ccc(NC)c(NC(=O)CI)c1)c1ccccn1. The first-order valence-corrected chi connectivity index (χ1v) is 10.6. The van der Waals surface area contributed by atoms with Crippen molar-refractivity contribution in [3.63, 3.8) is 0 Å². The molecule has 0 spiro atoms. The molecule has 2 amide bonds. The monoisotopic (exact) mass is 510 g/mol. The summed E-state index contributed by atoms with van der Waals surface area (Å²) in [6.07, 6.45) is 1.62. The van der Waals surface area contributed by atoms with Crippen molar-refractivity contribution in [2.45, 2.75) is 13.3 Å². The van der Waals surface area contributed by atoms with E-state index in [-0.39, 0.29) is 37.4 Å². The summed E-state index contributed by atoms with van der Waals surface area (Å²) >= 11 is 1.97. The fraction of sp³-hybridized carbons (Fsp3) is 0.300. The predicted octanol–water partition coefficient (Wildman–Crippen LogP) is 3.10. The number of aromatic nitrogens is 1. The maximum atomic E-state index is 13.2. The molecule has 2 rings (SSSR count). The van der Waals surface area contributed by atoms with E-state index < -0.39 is 0 Å². The molecule has 0 radical (unpaired) electrons. The molecule has 9 heteroatoms. The van der Waals surface area contributed by atoms with E-state index >= 15 is 0 Å². The topological polar surface area (TPSA) is 101 Å². The Hall–Kier alpha value is -2.69. The molecule has 154 valence electrons. The van der Waals surface area contributed by atoms with Crippen LogP contribution in [0.25, 0.3) is 0 Å². The van der Waals surface area contributed by atoms with E-state index in [9.17, 15) is 14.4 Å². The van der Waals surface area contributed by atoms with Crippen LogP contribution in [0.4, 0.5) is 17.2 Å². The van der Waals surface area contributed by atoms with E-state index in [2.05, 4.69) is 15.6 Å². The molecule has 1 heterocycles. The lowest BCUT2D eigenvalue weighted by molar-refractivity contribution is -0.142. The van der Waals surface area contributed by atoms with E-state index in [4.69, 9.17) is 4.74 Å². The number of hydrogen-bond donors (Lipinski definition) is 2. The molecule has 0 bridgehead atoms. The molecule has 29 heavy (non-hydrogen) atoms. The maximum absolute atomic E-state index is 13.2. The number of hydrogen-bond acceptors (Lipinski definition) is 6. The van der Waals surface area contributed by atoms with Crippen molar-refractivity contribution in [3.8, 4) is 0 Å². The van der Waals surface area contributed by atoms with Crippen molar-refractivity contribution >= 4 is 57.6 Å². The number of anilines is 3. The molecule has 2 N–H and O–H groups in total. The van der Waals surface area contributed by atoms with Crippen molar-refractivity contribution in [3.05, 3.63) is 48.2 Å². The van der Waals surface area contributed by atoms with Gasteiger partial charge in [0.15, 0.2) is 0 Å². The Labute approximate surface area is 183 Å². The smallest absolute Gasteiger partial charge is 0.307 e. The molecule has 0 aliphatic carbocycles. The van der Waals surface area contributed by atoms with E-state index in [1.165, 1.54) is 4.90 Å². The second-order valence-corrected chi connectivity index (χ2v) is 6.65. The second kappa shape index (κ2) is 11.3. The van der Waals surface area contributed by atoms with Gasteiger partial charge in [-0.1, -0.05) is 28.7 Å². The highest BCUT2D eigenvalue weighted by molar-refractivity contribution is 14.1. The van der Waals surface area contributed by atoms with Crippen molar-refractivity contribution in [1.29, 1.82) is 0 Å². The number of alkyl halides is 1. The molecular weight excluding hydrogens is 487 g/mol. The van der Waals surface area contributed by atoms with Gasteiger partial charge in [-0.05, 0) is 37.3 Å². The van der Waals surface area contributed by atoms with Gasteiger partial charge < -0.3 is 15.4 Å². The van der Waals surface area contributed by atoms with E-state index in [1.54, 1.807) is 56.6 Å². The molecule has 8 nitrogen and oxygen atoms in total. The van der Waals surface area contributed by atoms with Crippen LogP contribution >= 0.6 is 22.6 Å². The van der Waals surface area contributed by atoms with Crippen LogP contribution in [0.2, 0.25) is 0 Å². The van der Waals surface area contributed by atoms with Crippen molar-refractivity contribution in [2.75, 3.05) is 40.2 Å². The van der Waals surface area contributed by atoms with Gasteiger partial charge in [-0.3, -0.25) is 19.3 Å². The van der Waals surface area contributed by atoms with Gasteiger partial charge >= 0.3 is 5.97 Å². The summed E-state index contributed by atoms with van der Waals surface area (Å²) in [6.45, 7) is 2.13. The van der Waals surface area contributed by atoms with E-state index in [1.807, 2.05) is 22.6 Å². The summed E-state index contributed by atoms with van der Waals surface area (Å²) in [7, 11) is 1.73. The van der Waals surface area contributed by atoms with E-state index in [0.717, 1.165) is 0 Å². The molecular formula is C20H23IN4O4.